The quantitative estimate of drug-likeness (QED) is 0.584. The molecule has 4 heteroatoms. The molecule has 0 saturated heterocycles. The van der Waals surface area contributed by atoms with E-state index in [4.69, 9.17) is 0 Å². The van der Waals surface area contributed by atoms with Crippen LogP contribution in [0.3, 0.4) is 0 Å². The highest BCUT2D eigenvalue weighted by Gasteiger charge is 2.18. The molecule has 1 N–H and O–H groups in total. The molecule has 0 fully saturated rings. The fourth-order valence-corrected chi connectivity index (χ4v) is 2.34. The van der Waals surface area contributed by atoms with Crippen LogP contribution >= 0.6 is 0 Å². The zero-order valence-corrected chi connectivity index (χ0v) is 13.2. The minimum Gasteiger partial charge on any atom is -0.465 e. The topological polar surface area (TPSA) is 43.8 Å². The van der Waals surface area contributed by atoms with Gasteiger partial charge in [0.15, 0.2) is 0 Å². The molecule has 0 aliphatic carbocycles. The molecule has 0 radical (unpaired) electrons. The molecule has 0 rings (SSSR count). The minimum absolute atomic E-state index is 0.130. The van der Waals surface area contributed by atoms with E-state index in [1.165, 1.54) is 0 Å². The monoisotopic (exact) mass is 272 g/mol. The van der Waals surface area contributed by atoms with Crippen molar-refractivity contribution >= 4 is 6.09 Å². The summed E-state index contributed by atoms with van der Waals surface area (Å²) in [6.07, 6.45) is 4.46. The number of unbranched alkanes of at least 4 members (excludes halogenated alkanes) is 2. The fourth-order valence-electron chi connectivity index (χ4n) is 2.34. The van der Waals surface area contributed by atoms with Crippen LogP contribution in [0.25, 0.3) is 0 Å². The first-order valence-corrected chi connectivity index (χ1v) is 7.78. The third-order valence-corrected chi connectivity index (χ3v) is 3.77. The Labute approximate surface area is 118 Å². The van der Waals surface area contributed by atoms with Crippen LogP contribution in [0.15, 0.2) is 0 Å². The van der Waals surface area contributed by atoms with Crippen LogP contribution in [-0.2, 0) is 0 Å². The van der Waals surface area contributed by atoms with Gasteiger partial charge < -0.3 is 14.9 Å². The lowest BCUT2D eigenvalue weighted by Gasteiger charge is -2.27. The highest BCUT2D eigenvalue weighted by atomic mass is 16.4. The van der Waals surface area contributed by atoms with Gasteiger partial charge in [0.25, 0.3) is 0 Å². The van der Waals surface area contributed by atoms with Gasteiger partial charge in [-0.25, -0.2) is 4.79 Å². The van der Waals surface area contributed by atoms with Crippen molar-refractivity contribution in [3.63, 3.8) is 0 Å². The Kier molecular flexibility index (Phi) is 10.6. The Morgan fingerprint density at radius 2 is 1.68 bits per heavy atom. The van der Waals surface area contributed by atoms with Gasteiger partial charge in [-0.3, -0.25) is 0 Å². The number of rotatable bonds is 11. The number of hydrogen-bond donors (Lipinski definition) is 1. The second-order valence-corrected chi connectivity index (χ2v) is 5.20. The number of nitrogens with zero attached hydrogens (tertiary/aromatic N) is 2. The minimum atomic E-state index is -0.772. The Morgan fingerprint density at radius 1 is 1.05 bits per heavy atom. The summed E-state index contributed by atoms with van der Waals surface area (Å²) in [5, 5.41) is 9.26. The first-order chi connectivity index (χ1) is 9.06. The van der Waals surface area contributed by atoms with Gasteiger partial charge in [0.2, 0.25) is 0 Å². The zero-order valence-electron chi connectivity index (χ0n) is 13.2. The van der Waals surface area contributed by atoms with Gasteiger partial charge in [0, 0.05) is 12.6 Å². The molecule has 0 heterocycles. The highest BCUT2D eigenvalue weighted by molar-refractivity contribution is 5.65. The molecule has 0 aliphatic rings. The van der Waals surface area contributed by atoms with Gasteiger partial charge in [-0.1, -0.05) is 33.6 Å². The van der Waals surface area contributed by atoms with Gasteiger partial charge in [0.05, 0.1) is 0 Å². The lowest BCUT2D eigenvalue weighted by molar-refractivity contribution is 0.122. The van der Waals surface area contributed by atoms with Crippen molar-refractivity contribution in [2.45, 2.75) is 65.8 Å². The molecule has 0 spiro atoms. The molecule has 1 amide bonds. The third kappa shape index (κ3) is 8.09. The summed E-state index contributed by atoms with van der Waals surface area (Å²) in [5.74, 6) is 0. The smallest absolute Gasteiger partial charge is 0.407 e. The lowest BCUT2D eigenvalue weighted by atomic mass is 10.1. The van der Waals surface area contributed by atoms with Gasteiger partial charge in [-0.15, -0.1) is 0 Å². The van der Waals surface area contributed by atoms with Crippen LogP contribution in [0, 0.1) is 0 Å². The Morgan fingerprint density at radius 3 is 2.16 bits per heavy atom. The molecule has 0 saturated carbocycles. The van der Waals surface area contributed by atoms with Crippen molar-refractivity contribution in [1.82, 2.24) is 9.80 Å². The zero-order chi connectivity index (χ0) is 14.7. The van der Waals surface area contributed by atoms with Crippen molar-refractivity contribution in [3.05, 3.63) is 0 Å². The van der Waals surface area contributed by atoms with Crippen molar-refractivity contribution in [2.24, 2.45) is 0 Å². The van der Waals surface area contributed by atoms with E-state index in [2.05, 4.69) is 25.7 Å². The van der Waals surface area contributed by atoms with Crippen LogP contribution in [0.5, 0.6) is 0 Å². The second-order valence-electron chi connectivity index (χ2n) is 5.20. The van der Waals surface area contributed by atoms with Crippen molar-refractivity contribution < 1.29 is 9.90 Å². The number of hydrogen-bond acceptors (Lipinski definition) is 2. The van der Waals surface area contributed by atoms with Gasteiger partial charge >= 0.3 is 6.09 Å². The molecule has 0 aromatic heterocycles. The van der Waals surface area contributed by atoms with Crippen molar-refractivity contribution in [3.8, 4) is 0 Å². The fraction of sp³-hybridized carbons (Fsp3) is 0.933. The summed E-state index contributed by atoms with van der Waals surface area (Å²) in [6, 6.07) is 0.130. The summed E-state index contributed by atoms with van der Waals surface area (Å²) in [7, 11) is 0. The molecule has 4 nitrogen and oxygen atoms in total. The summed E-state index contributed by atoms with van der Waals surface area (Å²) < 4.78 is 0. The van der Waals surface area contributed by atoms with Crippen LogP contribution in [0.4, 0.5) is 4.79 Å². The third-order valence-electron chi connectivity index (χ3n) is 3.77. The first kappa shape index (κ1) is 18.2. The van der Waals surface area contributed by atoms with E-state index < -0.39 is 6.09 Å². The maximum Gasteiger partial charge on any atom is 0.407 e. The van der Waals surface area contributed by atoms with Gasteiger partial charge in [-0.05, 0) is 45.8 Å². The number of amides is 1. The summed E-state index contributed by atoms with van der Waals surface area (Å²) >= 11 is 0. The first-order valence-electron chi connectivity index (χ1n) is 7.78. The van der Waals surface area contributed by atoms with Crippen LogP contribution in [0.2, 0.25) is 0 Å². The normalized spacial score (nSPS) is 12.7. The predicted octanol–water partition coefficient (Wildman–Crippen LogP) is 3.67. The molecule has 114 valence electrons. The van der Waals surface area contributed by atoms with E-state index in [-0.39, 0.29) is 6.04 Å². The predicted molar refractivity (Wildman–Crippen MR) is 80.7 cm³/mol. The molecular weight excluding hydrogens is 240 g/mol. The van der Waals surface area contributed by atoms with Crippen LogP contribution in [-0.4, -0.2) is 53.2 Å². The van der Waals surface area contributed by atoms with E-state index in [1.54, 1.807) is 4.90 Å². The molecule has 1 atom stereocenters. The van der Waals surface area contributed by atoms with Crippen molar-refractivity contribution in [2.75, 3.05) is 26.2 Å². The van der Waals surface area contributed by atoms with Gasteiger partial charge in [-0.2, -0.15) is 0 Å². The van der Waals surface area contributed by atoms with Crippen molar-refractivity contribution in [1.29, 1.82) is 0 Å². The molecule has 0 aliphatic heterocycles. The van der Waals surface area contributed by atoms with E-state index in [9.17, 15) is 9.90 Å². The van der Waals surface area contributed by atoms with Gasteiger partial charge in [0.1, 0.15) is 0 Å². The van der Waals surface area contributed by atoms with E-state index >= 15 is 0 Å². The standard InChI is InChI=1S/C15H32N2O2/c1-5-8-9-13-17(15(18)19)14(4)11-10-12-16(6-2)7-3/h14H,5-13H2,1-4H3,(H,18,19). The summed E-state index contributed by atoms with van der Waals surface area (Å²) in [5.41, 5.74) is 0. The molecule has 0 aromatic carbocycles. The van der Waals surface area contributed by atoms with Crippen LogP contribution in [0.1, 0.15) is 59.8 Å². The average Bonchev–Trinajstić information content (AvgIpc) is 2.39. The molecule has 0 aromatic rings. The Bertz CT molecular complexity index is 230. The summed E-state index contributed by atoms with van der Waals surface area (Å²) in [4.78, 5) is 15.3. The highest BCUT2D eigenvalue weighted by Crippen LogP contribution is 2.10. The van der Waals surface area contributed by atoms with E-state index in [0.717, 1.165) is 51.7 Å². The van der Waals surface area contributed by atoms with E-state index in [0.29, 0.717) is 6.54 Å². The average molecular weight is 272 g/mol. The number of carbonyl (C=O) groups is 1. The largest absolute Gasteiger partial charge is 0.465 e. The molecular formula is C15H32N2O2. The molecule has 1 unspecified atom stereocenters. The maximum absolute atomic E-state index is 11.3. The maximum atomic E-state index is 11.3. The molecule has 0 bridgehead atoms. The van der Waals surface area contributed by atoms with E-state index in [1.807, 2.05) is 6.92 Å². The van der Waals surface area contributed by atoms with Crippen LogP contribution < -0.4 is 0 Å². The SMILES string of the molecule is CCCCCN(C(=O)O)C(C)CCCN(CC)CC. The summed E-state index contributed by atoms with van der Waals surface area (Å²) in [6.45, 7) is 12.4. The lowest BCUT2D eigenvalue weighted by Crippen LogP contribution is -2.38. The molecule has 19 heavy (non-hydrogen) atoms. The Hall–Kier alpha value is -0.770. The second kappa shape index (κ2) is 11.1. The Balaban J connectivity index is 4.03. The number of carboxylic acid groups (broad SMARTS) is 1.